The Morgan fingerprint density at radius 2 is 1.91 bits per heavy atom. The Balaban J connectivity index is 3.10. The van der Waals surface area contributed by atoms with E-state index in [1.807, 2.05) is 6.92 Å². The van der Waals surface area contributed by atoms with Crippen molar-refractivity contribution in [1.29, 1.82) is 0 Å². The van der Waals surface area contributed by atoms with Crippen molar-refractivity contribution < 1.29 is 14.9 Å². The van der Waals surface area contributed by atoms with Crippen LogP contribution >= 0.6 is 0 Å². The quantitative estimate of drug-likeness (QED) is 0.599. The maximum Gasteiger partial charge on any atom is 0.0568 e. The SMILES string of the molecule is C[C@@H](O)CCO[C@@H](C)CCO. The fourth-order valence-electron chi connectivity index (χ4n) is 0.705. The molecule has 0 fully saturated rings. The average molecular weight is 162 g/mol. The predicted octanol–water partition coefficient (Wildman–Crippen LogP) is 0.545. The number of aliphatic hydroxyl groups excluding tert-OH is 2. The minimum Gasteiger partial charge on any atom is -0.396 e. The summed E-state index contributed by atoms with van der Waals surface area (Å²) < 4.78 is 5.27. The zero-order valence-electron chi connectivity index (χ0n) is 7.29. The molecule has 68 valence electrons. The van der Waals surface area contributed by atoms with Crippen LogP contribution in [0.1, 0.15) is 26.7 Å². The first-order chi connectivity index (χ1) is 5.16. The van der Waals surface area contributed by atoms with Crippen LogP contribution in [0.25, 0.3) is 0 Å². The van der Waals surface area contributed by atoms with Gasteiger partial charge in [0.1, 0.15) is 0 Å². The summed E-state index contributed by atoms with van der Waals surface area (Å²) in [6.07, 6.45) is 1.13. The van der Waals surface area contributed by atoms with Crippen LogP contribution in [0.2, 0.25) is 0 Å². The Bertz CT molecular complexity index is 83.4. The van der Waals surface area contributed by atoms with Gasteiger partial charge < -0.3 is 14.9 Å². The molecule has 2 N–H and O–H groups in total. The Morgan fingerprint density at radius 3 is 2.36 bits per heavy atom. The van der Waals surface area contributed by atoms with Crippen LogP contribution < -0.4 is 0 Å². The number of rotatable bonds is 6. The van der Waals surface area contributed by atoms with Gasteiger partial charge in [0.25, 0.3) is 0 Å². The minimum absolute atomic E-state index is 0.0961. The molecule has 0 aromatic heterocycles. The summed E-state index contributed by atoms with van der Waals surface area (Å²) in [4.78, 5) is 0. The summed E-state index contributed by atoms with van der Waals surface area (Å²) in [7, 11) is 0. The van der Waals surface area contributed by atoms with Crippen LogP contribution in [0.15, 0.2) is 0 Å². The van der Waals surface area contributed by atoms with Crippen molar-refractivity contribution in [2.45, 2.75) is 38.9 Å². The highest BCUT2D eigenvalue weighted by Crippen LogP contribution is 1.98. The monoisotopic (exact) mass is 162 g/mol. The summed E-state index contributed by atoms with van der Waals surface area (Å²) in [5.41, 5.74) is 0. The third-order valence-electron chi connectivity index (χ3n) is 1.47. The van der Waals surface area contributed by atoms with Gasteiger partial charge >= 0.3 is 0 Å². The van der Waals surface area contributed by atoms with Gasteiger partial charge in [-0.05, 0) is 26.7 Å². The van der Waals surface area contributed by atoms with Gasteiger partial charge in [0.05, 0.1) is 12.2 Å². The number of ether oxygens (including phenoxy) is 1. The second-order valence-electron chi connectivity index (χ2n) is 2.83. The van der Waals surface area contributed by atoms with Gasteiger partial charge in [-0.15, -0.1) is 0 Å². The van der Waals surface area contributed by atoms with E-state index in [-0.39, 0.29) is 18.8 Å². The summed E-state index contributed by atoms with van der Waals surface area (Å²) >= 11 is 0. The van der Waals surface area contributed by atoms with Crippen molar-refractivity contribution in [3.05, 3.63) is 0 Å². The van der Waals surface area contributed by atoms with E-state index >= 15 is 0 Å². The van der Waals surface area contributed by atoms with Crippen molar-refractivity contribution in [3.63, 3.8) is 0 Å². The van der Waals surface area contributed by atoms with E-state index in [0.29, 0.717) is 19.4 Å². The molecule has 0 amide bonds. The van der Waals surface area contributed by atoms with E-state index in [1.165, 1.54) is 0 Å². The largest absolute Gasteiger partial charge is 0.396 e. The lowest BCUT2D eigenvalue weighted by atomic mass is 10.3. The molecule has 3 heteroatoms. The predicted molar refractivity (Wildman–Crippen MR) is 43.4 cm³/mol. The standard InChI is InChI=1S/C8H18O3/c1-7(10)4-6-11-8(2)3-5-9/h7-10H,3-6H2,1-2H3/t7-,8+/m1/s1. The molecule has 0 bridgehead atoms. The Kier molecular flexibility index (Phi) is 6.51. The minimum atomic E-state index is -0.295. The topological polar surface area (TPSA) is 49.7 Å². The maximum absolute atomic E-state index is 8.87. The lowest BCUT2D eigenvalue weighted by Gasteiger charge is -2.11. The van der Waals surface area contributed by atoms with Gasteiger partial charge in [-0.1, -0.05) is 0 Å². The zero-order chi connectivity index (χ0) is 8.69. The Morgan fingerprint density at radius 1 is 1.27 bits per heavy atom. The van der Waals surface area contributed by atoms with E-state index in [0.717, 1.165) is 0 Å². The van der Waals surface area contributed by atoms with Crippen LogP contribution in [0, 0.1) is 0 Å². The molecule has 0 saturated heterocycles. The summed E-state index contributed by atoms with van der Waals surface area (Å²) in [6, 6.07) is 0. The normalized spacial score (nSPS) is 16.4. The van der Waals surface area contributed by atoms with Crippen molar-refractivity contribution in [2.24, 2.45) is 0 Å². The van der Waals surface area contributed by atoms with Crippen molar-refractivity contribution in [1.82, 2.24) is 0 Å². The number of hydrogen-bond acceptors (Lipinski definition) is 3. The van der Waals surface area contributed by atoms with E-state index in [4.69, 9.17) is 14.9 Å². The van der Waals surface area contributed by atoms with Gasteiger partial charge in [0.2, 0.25) is 0 Å². The zero-order valence-corrected chi connectivity index (χ0v) is 7.29. The lowest BCUT2D eigenvalue weighted by Crippen LogP contribution is -2.13. The third kappa shape index (κ3) is 7.78. The molecule has 2 atom stereocenters. The van der Waals surface area contributed by atoms with Crippen molar-refractivity contribution in [3.8, 4) is 0 Å². The van der Waals surface area contributed by atoms with Gasteiger partial charge in [-0.25, -0.2) is 0 Å². The molecule has 0 aromatic carbocycles. The fourth-order valence-corrected chi connectivity index (χ4v) is 0.705. The molecule has 0 aliphatic carbocycles. The first-order valence-corrected chi connectivity index (χ1v) is 4.07. The van der Waals surface area contributed by atoms with Crippen LogP contribution in [-0.2, 0) is 4.74 Å². The molecular weight excluding hydrogens is 144 g/mol. The van der Waals surface area contributed by atoms with E-state index in [2.05, 4.69) is 0 Å². The molecule has 0 unspecified atom stereocenters. The second-order valence-corrected chi connectivity index (χ2v) is 2.83. The highest BCUT2D eigenvalue weighted by atomic mass is 16.5. The molecule has 0 aromatic rings. The number of hydrogen-bond donors (Lipinski definition) is 2. The summed E-state index contributed by atoms with van der Waals surface area (Å²) in [6.45, 7) is 4.38. The van der Waals surface area contributed by atoms with E-state index in [1.54, 1.807) is 6.92 Å². The Labute approximate surface area is 68.0 Å². The summed E-state index contributed by atoms with van der Waals surface area (Å²) in [5.74, 6) is 0. The van der Waals surface area contributed by atoms with Gasteiger partial charge in [-0.2, -0.15) is 0 Å². The van der Waals surface area contributed by atoms with Crippen LogP contribution in [0.4, 0.5) is 0 Å². The van der Waals surface area contributed by atoms with Gasteiger partial charge in [-0.3, -0.25) is 0 Å². The van der Waals surface area contributed by atoms with Gasteiger partial charge in [0.15, 0.2) is 0 Å². The molecular formula is C8H18O3. The highest BCUT2D eigenvalue weighted by molar-refractivity contribution is 4.50. The lowest BCUT2D eigenvalue weighted by molar-refractivity contribution is 0.0286. The van der Waals surface area contributed by atoms with Gasteiger partial charge in [0, 0.05) is 13.2 Å². The molecule has 0 heterocycles. The first-order valence-electron chi connectivity index (χ1n) is 4.07. The highest BCUT2D eigenvalue weighted by Gasteiger charge is 2.01. The maximum atomic E-state index is 8.87. The second kappa shape index (κ2) is 6.58. The number of aliphatic hydroxyl groups is 2. The molecule has 0 aliphatic heterocycles. The van der Waals surface area contributed by atoms with E-state index < -0.39 is 0 Å². The fraction of sp³-hybridized carbons (Fsp3) is 1.00. The molecule has 0 radical (unpaired) electrons. The van der Waals surface area contributed by atoms with Crippen LogP contribution in [0.5, 0.6) is 0 Å². The first kappa shape index (κ1) is 10.9. The molecule has 3 nitrogen and oxygen atoms in total. The van der Waals surface area contributed by atoms with E-state index in [9.17, 15) is 0 Å². The van der Waals surface area contributed by atoms with Crippen LogP contribution in [-0.4, -0.2) is 35.6 Å². The molecule has 11 heavy (non-hydrogen) atoms. The molecule has 0 rings (SSSR count). The van der Waals surface area contributed by atoms with Crippen molar-refractivity contribution in [2.75, 3.05) is 13.2 Å². The Hall–Kier alpha value is -0.120. The van der Waals surface area contributed by atoms with Crippen molar-refractivity contribution >= 4 is 0 Å². The molecule has 0 spiro atoms. The third-order valence-corrected chi connectivity index (χ3v) is 1.47. The van der Waals surface area contributed by atoms with Crippen LogP contribution in [0.3, 0.4) is 0 Å². The average Bonchev–Trinajstić information content (AvgIpc) is 1.87. The molecule has 0 saturated carbocycles. The molecule has 0 aliphatic rings. The smallest absolute Gasteiger partial charge is 0.0568 e. The summed E-state index contributed by atoms with van der Waals surface area (Å²) in [5, 5.41) is 17.4.